The lowest BCUT2D eigenvalue weighted by Crippen LogP contribution is -1.82. The molecule has 0 amide bonds. The lowest BCUT2D eigenvalue weighted by Gasteiger charge is -1.98. The van der Waals surface area contributed by atoms with Gasteiger partial charge in [-0.1, -0.05) is 74.9 Å². The number of rotatable bonds is 3. The highest BCUT2D eigenvalue weighted by Crippen LogP contribution is 2.06. The standard InChI is InChI=1S/2C9H12/c1-3-9-7-5-4-6-8(9)2;1-2-6-9-7-4-3-5-8-9/h4-7H,3H2,1-2H3;3-5,7-8H,2,6H2,1H3. The van der Waals surface area contributed by atoms with Crippen LogP contribution < -0.4 is 0 Å². The third-order valence-electron chi connectivity index (χ3n) is 3.02. The summed E-state index contributed by atoms with van der Waals surface area (Å²) >= 11 is 0. The third-order valence-corrected chi connectivity index (χ3v) is 3.02. The summed E-state index contributed by atoms with van der Waals surface area (Å²) in [5.74, 6) is 0. The summed E-state index contributed by atoms with van der Waals surface area (Å²) in [6.45, 7) is 6.54. The second kappa shape index (κ2) is 8.52. The van der Waals surface area contributed by atoms with Gasteiger partial charge in [0.15, 0.2) is 0 Å². The van der Waals surface area contributed by atoms with E-state index in [1.807, 2.05) is 0 Å². The van der Waals surface area contributed by atoms with Gasteiger partial charge < -0.3 is 0 Å². The van der Waals surface area contributed by atoms with Gasteiger partial charge in [-0.25, -0.2) is 0 Å². The molecule has 96 valence electrons. The molecule has 0 aliphatic heterocycles. The van der Waals surface area contributed by atoms with Crippen LogP contribution in [-0.4, -0.2) is 0 Å². The Morgan fingerprint density at radius 2 is 1.39 bits per heavy atom. The number of benzene rings is 2. The van der Waals surface area contributed by atoms with Crippen LogP contribution in [-0.2, 0) is 12.8 Å². The maximum atomic E-state index is 2.20. The van der Waals surface area contributed by atoms with E-state index in [0.29, 0.717) is 0 Å². The van der Waals surface area contributed by atoms with Crippen molar-refractivity contribution in [3.05, 3.63) is 71.3 Å². The first-order chi connectivity index (χ1) is 8.77. The fourth-order valence-corrected chi connectivity index (χ4v) is 1.94. The lowest BCUT2D eigenvalue weighted by molar-refractivity contribution is 0.922. The molecule has 0 saturated carbocycles. The molecule has 0 bridgehead atoms. The van der Waals surface area contributed by atoms with Gasteiger partial charge in [0, 0.05) is 0 Å². The monoisotopic (exact) mass is 240 g/mol. The summed E-state index contributed by atoms with van der Waals surface area (Å²) in [6.07, 6.45) is 3.59. The molecule has 0 N–H and O–H groups in total. The van der Waals surface area contributed by atoms with Crippen LogP contribution in [0.4, 0.5) is 0 Å². The molecule has 0 atom stereocenters. The molecular weight excluding hydrogens is 216 g/mol. The number of hydrogen-bond donors (Lipinski definition) is 0. The van der Waals surface area contributed by atoms with Crippen LogP contribution in [0.3, 0.4) is 0 Å². The Bertz CT molecular complexity index is 429. The Morgan fingerprint density at radius 3 is 1.89 bits per heavy atom. The van der Waals surface area contributed by atoms with Crippen LogP contribution in [0.15, 0.2) is 54.6 Å². The van der Waals surface area contributed by atoms with E-state index in [1.165, 1.54) is 29.5 Å². The maximum Gasteiger partial charge on any atom is -0.0281 e. The molecule has 0 saturated heterocycles. The van der Waals surface area contributed by atoms with Gasteiger partial charge >= 0.3 is 0 Å². The minimum absolute atomic E-state index is 1.15. The Kier molecular flexibility index (Phi) is 6.86. The van der Waals surface area contributed by atoms with E-state index in [-0.39, 0.29) is 0 Å². The molecule has 0 fully saturated rings. The van der Waals surface area contributed by atoms with Crippen molar-refractivity contribution < 1.29 is 0 Å². The summed E-state index contributed by atoms with van der Waals surface area (Å²) in [5.41, 5.74) is 4.30. The SMILES string of the molecule is CCCc1ccccc1.CCc1ccccc1C. The van der Waals surface area contributed by atoms with Gasteiger partial charge in [-0.15, -0.1) is 0 Å². The highest BCUT2D eigenvalue weighted by atomic mass is 13.9. The zero-order valence-corrected chi connectivity index (χ0v) is 11.8. The van der Waals surface area contributed by atoms with Crippen LogP contribution >= 0.6 is 0 Å². The summed E-state index contributed by atoms with van der Waals surface area (Å²) in [7, 11) is 0. The first kappa shape index (κ1) is 14.5. The van der Waals surface area contributed by atoms with Gasteiger partial charge in [0.05, 0.1) is 0 Å². The van der Waals surface area contributed by atoms with E-state index >= 15 is 0 Å². The van der Waals surface area contributed by atoms with Crippen LogP contribution in [0, 0.1) is 6.92 Å². The molecule has 2 aromatic carbocycles. The quantitative estimate of drug-likeness (QED) is 0.692. The zero-order valence-electron chi connectivity index (χ0n) is 11.8. The second-order valence-electron chi connectivity index (χ2n) is 4.52. The van der Waals surface area contributed by atoms with Crippen LogP contribution in [0.1, 0.15) is 37.0 Å². The van der Waals surface area contributed by atoms with E-state index in [2.05, 4.69) is 75.4 Å². The van der Waals surface area contributed by atoms with Gasteiger partial charge in [-0.2, -0.15) is 0 Å². The summed E-state index contributed by atoms with van der Waals surface area (Å²) in [6, 6.07) is 19.1. The molecule has 0 aliphatic rings. The topological polar surface area (TPSA) is 0 Å². The van der Waals surface area contributed by atoms with Gasteiger partial charge in [0.1, 0.15) is 0 Å². The highest BCUT2D eigenvalue weighted by molar-refractivity contribution is 5.25. The minimum atomic E-state index is 1.15. The molecule has 0 nitrogen and oxygen atoms in total. The van der Waals surface area contributed by atoms with E-state index in [9.17, 15) is 0 Å². The summed E-state index contributed by atoms with van der Waals surface area (Å²) < 4.78 is 0. The Hall–Kier alpha value is -1.56. The van der Waals surface area contributed by atoms with Crippen molar-refractivity contribution in [1.29, 1.82) is 0 Å². The van der Waals surface area contributed by atoms with Crippen LogP contribution in [0.5, 0.6) is 0 Å². The predicted molar refractivity (Wildman–Crippen MR) is 81.0 cm³/mol. The Balaban J connectivity index is 0.000000180. The van der Waals surface area contributed by atoms with E-state index in [0.717, 1.165) is 6.42 Å². The molecule has 0 aromatic heterocycles. The van der Waals surface area contributed by atoms with Crippen molar-refractivity contribution >= 4 is 0 Å². The van der Waals surface area contributed by atoms with Crippen molar-refractivity contribution in [2.45, 2.75) is 40.0 Å². The van der Waals surface area contributed by atoms with Gasteiger partial charge in [0.25, 0.3) is 0 Å². The lowest BCUT2D eigenvalue weighted by atomic mass is 10.1. The highest BCUT2D eigenvalue weighted by Gasteiger charge is 1.89. The average Bonchev–Trinajstić information content (AvgIpc) is 2.42. The van der Waals surface area contributed by atoms with E-state index < -0.39 is 0 Å². The van der Waals surface area contributed by atoms with Gasteiger partial charge in [-0.3, -0.25) is 0 Å². The number of aryl methyl sites for hydroxylation is 3. The largest absolute Gasteiger partial charge is 0.0651 e. The maximum absolute atomic E-state index is 2.20. The van der Waals surface area contributed by atoms with Crippen molar-refractivity contribution in [1.82, 2.24) is 0 Å². The molecule has 0 radical (unpaired) electrons. The fraction of sp³-hybridized carbons (Fsp3) is 0.333. The molecule has 0 spiro atoms. The smallest absolute Gasteiger partial charge is 0.0281 e. The molecule has 0 heterocycles. The first-order valence-electron chi connectivity index (χ1n) is 6.86. The van der Waals surface area contributed by atoms with Crippen molar-refractivity contribution in [2.75, 3.05) is 0 Å². The van der Waals surface area contributed by atoms with E-state index in [1.54, 1.807) is 0 Å². The Morgan fingerprint density at radius 1 is 0.778 bits per heavy atom. The van der Waals surface area contributed by atoms with Crippen molar-refractivity contribution in [2.24, 2.45) is 0 Å². The van der Waals surface area contributed by atoms with Crippen molar-refractivity contribution in [3.63, 3.8) is 0 Å². The summed E-state index contributed by atoms with van der Waals surface area (Å²) in [4.78, 5) is 0. The second-order valence-corrected chi connectivity index (χ2v) is 4.52. The fourth-order valence-electron chi connectivity index (χ4n) is 1.94. The molecule has 18 heavy (non-hydrogen) atoms. The van der Waals surface area contributed by atoms with E-state index in [4.69, 9.17) is 0 Å². The zero-order chi connectivity index (χ0) is 13.2. The van der Waals surface area contributed by atoms with Crippen LogP contribution in [0.25, 0.3) is 0 Å². The molecular formula is C18H24. The third kappa shape index (κ3) is 5.18. The predicted octanol–water partition coefficient (Wildman–Crippen LogP) is 5.20. The summed E-state index contributed by atoms with van der Waals surface area (Å²) in [5, 5.41) is 0. The van der Waals surface area contributed by atoms with Gasteiger partial charge in [-0.05, 0) is 36.5 Å². The normalized spacial score (nSPS) is 9.50. The number of hydrogen-bond acceptors (Lipinski definition) is 0. The minimum Gasteiger partial charge on any atom is -0.0651 e. The van der Waals surface area contributed by atoms with Gasteiger partial charge in [0.2, 0.25) is 0 Å². The average molecular weight is 240 g/mol. The Labute approximate surface area is 112 Å². The van der Waals surface area contributed by atoms with Crippen molar-refractivity contribution in [3.8, 4) is 0 Å². The molecule has 0 unspecified atom stereocenters. The molecule has 2 rings (SSSR count). The molecule has 0 aliphatic carbocycles. The molecule has 2 aromatic rings. The molecule has 0 heteroatoms. The van der Waals surface area contributed by atoms with Crippen LogP contribution in [0.2, 0.25) is 0 Å². The first-order valence-corrected chi connectivity index (χ1v) is 6.86.